The molecule has 0 radical (unpaired) electrons. The molecule has 0 amide bonds. The number of halogens is 1. The summed E-state index contributed by atoms with van der Waals surface area (Å²) in [5.74, 6) is 0.682. The van der Waals surface area contributed by atoms with E-state index in [0.717, 1.165) is 38.4 Å². The molecule has 0 atom stereocenters. The summed E-state index contributed by atoms with van der Waals surface area (Å²) in [6.45, 7) is 5.55. The smallest absolute Gasteiger partial charge is 0.318 e. The first-order chi connectivity index (χ1) is 16.0. The first kappa shape index (κ1) is 22.0. The molecule has 2 fully saturated rings. The van der Waals surface area contributed by atoms with Crippen molar-refractivity contribution in [2.75, 3.05) is 44.3 Å². The molecule has 2 aliphatic rings. The lowest BCUT2D eigenvalue weighted by Crippen LogP contribution is -2.45. The molecule has 0 unspecified atom stereocenters. The van der Waals surface area contributed by atoms with Gasteiger partial charge in [0, 0.05) is 63.8 Å². The Balaban J connectivity index is 1.31. The molecule has 0 spiro atoms. The number of piperidine rings is 1. The standard InChI is InChI=1S/C22H26ClN7O3/c1-27-17-2-3-18(23)26-19(17)30(21(32)20(27)31)16-4-6-29(7-5-16)22-24-12-15(13-25-22)14-28-8-10-33-11-9-28/h2-3,12-13,16H,4-11,14H2,1H3. The molecule has 0 N–H and O–H groups in total. The van der Waals surface area contributed by atoms with E-state index in [9.17, 15) is 9.59 Å². The minimum Gasteiger partial charge on any atom is -0.379 e. The molecule has 0 aromatic carbocycles. The first-order valence-corrected chi connectivity index (χ1v) is 11.5. The van der Waals surface area contributed by atoms with Crippen molar-refractivity contribution < 1.29 is 4.74 Å². The van der Waals surface area contributed by atoms with Crippen molar-refractivity contribution in [1.29, 1.82) is 0 Å². The molecule has 2 saturated heterocycles. The van der Waals surface area contributed by atoms with Gasteiger partial charge in [-0.25, -0.2) is 15.0 Å². The van der Waals surface area contributed by atoms with Gasteiger partial charge in [0.2, 0.25) is 5.95 Å². The molecular weight excluding hydrogens is 446 g/mol. The van der Waals surface area contributed by atoms with Crippen molar-refractivity contribution in [2.45, 2.75) is 25.4 Å². The molecule has 10 nitrogen and oxygen atoms in total. The number of aromatic nitrogens is 5. The summed E-state index contributed by atoms with van der Waals surface area (Å²) < 4.78 is 8.25. The lowest BCUT2D eigenvalue weighted by atomic mass is 10.0. The maximum absolute atomic E-state index is 12.9. The Kier molecular flexibility index (Phi) is 6.13. The number of aryl methyl sites for hydroxylation is 1. The number of hydrogen-bond donors (Lipinski definition) is 0. The molecule has 174 valence electrons. The molecule has 5 rings (SSSR count). The average Bonchev–Trinajstić information content (AvgIpc) is 2.84. The van der Waals surface area contributed by atoms with Crippen LogP contribution in [0, 0.1) is 0 Å². The maximum atomic E-state index is 12.9. The molecular formula is C22H26ClN7O3. The molecule has 11 heteroatoms. The van der Waals surface area contributed by atoms with Crippen LogP contribution >= 0.6 is 11.6 Å². The van der Waals surface area contributed by atoms with Gasteiger partial charge in [-0.05, 0) is 25.0 Å². The molecule has 3 aromatic rings. The zero-order chi connectivity index (χ0) is 22.9. The van der Waals surface area contributed by atoms with Gasteiger partial charge in [0.1, 0.15) is 5.15 Å². The normalized spacial score (nSPS) is 18.2. The van der Waals surface area contributed by atoms with Crippen LogP contribution in [0.15, 0.2) is 34.1 Å². The maximum Gasteiger partial charge on any atom is 0.318 e. The van der Waals surface area contributed by atoms with Gasteiger partial charge in [0.05, 0.1) is 18.7 Å². The fraction of sp³-hybridized carbons (Fsp3) is 0.500. The first-order valence-electron chi connectivity index (χ1n) is 11.1. The summed E-state index contributed by atoms with van der Waals surface area (Å²) in [5.41, 5.74) is 0.981. The van der Waals surface area contributed by atoms with Crippen LogP contribution in [0.25, 0.3) is 11.2 Å². The van der Waals surface area contributed by atoms with Gasteiger partial charge in [-0.3, -0.25) is 19.1 Å². The summed E-state index contributed by atoms with van der Waals surface area (Å²) in [4.78, 5) is 43.3. The second-order valence-corrected chi connectivity index (χ2v) is 8.90. The largest absolute Gasteiger partial charge is 0.379 e. The van der Waals surface area contributed by atoms with E-state index in [0.29, 0.717) is 43.0 Å². The fourth-order valence-electron chi connectivity index (χ4n) is 4.58. The third kappa shape index (κ3) is 4.38. The second-order valence-electron chi connectivity index (χ2n) is 8.51. The number of anilines is 1. The summed E-state index contributed by atoms with van der Waals surface area (Å²) in [6, 6.07) is 3.21. The average molecular weight is 472 g/mol. The molecule has 0 aliphatic carbocycles. The second kappa shape index (κ2) is 9.20. The highest BCUT2D eigenvalue weighted by Crippen LogP contribution is 2.26. The van der Waals surface area contributed by atoms with Crippen molar-refractivity contribution in [2.24, 2.45) is 7.05 Å². The van der Waals surface area contributed by atoms with Gasteiger partial charge in [-0.2, -0.15) is 0 Å². The quantitative estimate of drug-likeness (QED) is 0.413. The van der Waals surface area contributed by atoms with E-state index in [4.69, 9.17) is 16.3 Å². The molecule has 0 bridgehead atoms. The Morgan fingerprint density at radius 3 is 2.42 bits per heavy atom. The van der Waals surface area contributed by atoms with E-state index in [-0.39, 0.29) is 11.2 Å². The van der Waals surface area contributed by atoms with Crippen LogP contribution in [0.5, 0.6) is 0 Å². The number of pyridine rings is 1. The highest BCUT2D eigenvalue weighted by Gasteiger charge is 2.26. The van der Waals surface area contributed by atoms with E-state index >= 15 is 0 Å². The topological polar surface area (TPSA) is 98.4 Å². The van der Waals surface area contributed by atoms with Crippen molar-refractivity contribution in [3.8, 4) is 0 Å². The van der Waals surface area contributed by atoms with Gasteiger partial charge < -0.3 is 14.2 Å². The van der Waals surface area contributed by atoms with E-state index in [1.165, 1.54) is 9.13 Å². The van der Waals surface area contributed by atoms with Gasteiger partial charge >= 0.3 is 11.1 Å². The lowest BCUT2D eigenvalue weighted by Gasteiger charge is -2.33. The van der Waals surface area contributed by atoms with Gasteiger partial charge in [0.25, 0.3) is 0 Å². The number of hydrogen-bond acceptors (Lipinski definition) is 8. The van der Waals surface area contributed by atoms with Crippen LogP contribution < -0.4 is 16.0 Å². The predicted molar refractivity (Wildman–Crippen MR) is 125 cm³/mol. The van der Waals surface area contributed by atoms with Crippen molar-refractivity contribution in [1.82, 2.24) is 29.0 Å². The number of fused-ring (bicyclic) bond motifs is 1. The number of ether oxygens (including phenoxy) is 1. The number of rotatable bonds is 4. The minimum atomic E-state index is -0.568. The SMILES string of the molecule is Cn1c(=O)c(=O)n(C2CCN(c3ncc(CN4CCOCC4)cn3)CC2)c2nc(Cl)ccc21. The van der Waals surface area contributed by atoms with E-state index < -0.39 is 11.1 Å². The third-order valence-electron chi connectivity index (χ3n) is 6.43. The highest BCUT2D eigenvalue weighted by molar-refractivity contribution is 6.29. The molecule has 3 aromatic heterocycles. The summed E-state index contributed by atoms with van der Waals surface area (Å²) in [5, 5.41) is 0.289. The number of nitrogens with zero attached hydrogens (tertiary/aromatic N) is 7. The number of morpholine rings is 1. The van der Waals surface area contributed by atoms with Crippen LogP contribution in [0.2, 0.25) is 5.15 Å². The minimum absolute atomic E-state index is 0.142. The van der Waals surface area contributed by atoms with Crippen molar-refractivity contribution in [3.05, 3.63) is 56.0 Å². The van der Waals surface area contributed by atoms with Crippen LogP contribution in [0.4, 0.5) is 5.95 Å². The van der Waals surface area contributed by atoms with Crippen LogP contribution in [-0.2, 0) is 18.3 Å². The third-order valence-corrected chi connectivity index (χ3v) is 6.64. The Morgan fingerprint density at radius 1 is 1.03 bits per heavy atom. The Bertz CT molecular complexity index is 1260. The van der Waals surface area contributed by atoms with Crippen molar-refractivity contribution >= 4 is 28.7 Å². The van der Waals surface area contributed by atoms with Gasteiger partial charge in [0.15, 0.2) is 5.65 Å². The zero-order valence-corrected chi connectivity index (χ0v) is 19.2. The van der Waals surface area contributed by atoms with E-state index in [1.54, 1.807) is 19.2 Å². The predicted octanol–water partition coefficient (Wildman–Crippen LogP) is 1.21. The van der Waals surface area contributed by atoms with Gasteiger partial charge in [-0.15, -0.1) is 0 Å². The molecule has 5 heterocycles. The van der Waals surface area contributed by atoms with E-state index in [1.807, 2.05) is 12.4 Å². The molecule has 2 aliphatic heterocycles. The van der Waals surface area contributed by atoms with Gasteiger partial charge in [-0.1, -0.05) is 11.6 Å². The summed E-state index contributed by atoms with van der Waals surface area (Å²) >= 11 is 6.10. The molecule has 33 heavy (non-hydrogen) atoms. The van der Waals surface area contributed by atoms with Crippen LogP contribution in [-0.4, -0.2) is 68.4 Å². The van der Waals surface area contributed by atoms with Crippen LogP contribution in [0.3, 0.4) is 0 Å². The fourth-order valence-corrected chi connectivity index (χ4v) is 4.73. The Labute approximate surface area is 195 Å². The lowest BCUT2D eigenvalue weighted by molar-refractivity contribution is 0.0341. The summed E-state index contributed by atoms with van der Waals surface area (Å²) in [6.07, 6.45) is 5.12. The molecule has 0 saturated carbocycles. The highest BCUT2D eigenvalue weighted by atomic mass is 35.5. The summed E-state index contributed by atoms with van der Waals surface area (Å²) in [7, 11) is 1.58. The van der Waals surface area contributed by atoms with E-state index in [2.05, 4.69) is 24.8 Å². The van der Waals surface area contributed by atoms with Crippen molar-refractivity contribution in [3.63, 3.8) is 0 Å². The van der Waals surface area contributed by atoms with Crippen LogP contribution in [0.1, 0.15) is 24.4 Å². The Hall–Kier alpha value is -2.82. The Morgan fingerprint density at radius 2 is 1.73 bits per heavy atom. The zero-order valence-electron chi connectivity index (χ0n) is 18.5. The monoisotopic (exact) mass is 471 g/mol.